The maximum absolute atomic E-state index is 5.68. The molecule has 0 saturated carbocycles. The van der Waals surface area contributed by atoms with Crippen LogP contribution in [0, 0.1) is 0 Å². The van der Waals surface area contributed by atoms with E-state index in [0.29, 0.717) is 5.82 Å². The molecule has 0 aromatic carbocycles. The zero-order valence-corrected chi connectivity index (χ0v) is 8.02. The summed E-state index contributed by atoms with van der Waals surface area (Å²) in [5.74, 6) is 1.22. The fourth-order valence-electron chi connectivity index (χ4n) is 1.01. The average Bonchev–Trinajstić information content (AvgIpc) is 2.08. The fraction of sp³-hybridized carbons (Fsp3) is 0.375. The number of hydrogen-bond acceptors (Lipinski definition) is 5. The van der Waals surface area contributed by atoms with Gasteiger partial charge in [-0.05, 0) is 0 Å². The third-order valence-electron chi connectivity index (χ3n) is 1.58. The SMILES string of the molecule is C/N=C\c1c(N)ncnc1N(C)C. The molecule has 0 radical (unpaired) electrons. The van der Waals surface area contributed by atoms with Crippen molar-refractivity contribution in [2.24, 2.45) is 4.99 Å². The van der Waals surface area contributed by atoms with Gasteiger partial charge in [0.15, 0.2) is 0 Å². The number of anilines is 2. The summed E-state index contributed by atoms with van der Waals surface area (Å²) in [6, 6.07) is 0. The lowest BCUT2D eigenvalue weighted by Crippen LogP contribution is -2.15. The second-order valence-electron chi connectivity index (χ2n) is 2.78. The van der Waals surface area contributed by atoms with Gasteiger partial charge in [-0.2, -0.15) is 0 Å². The van der Waals surface area contributed by atoms with E-state index in [0.717, 1.165) is 11.4 Å². The largest absolute Gasteiger partial charge is 0.383 e. The highest BCUT2D eigenvalue weighted by Gasteiger charge is 2.07. The molecule has 5 heteroatoms. The highest BCUT2D eigenvalue weighted by Crippen LogP contribution is 2.16. The summed E-state index contributed by atoms with van der Waals surface area (Å²) in [5.41, 5.74) is 6.44. The Morgan fingerprint density at radius 2 is 2.15 bits per heavy atom. The van der Waals surface area contributed by atoms with Crippen LogP contribution in [0.25, 0.3) is 0 Å². The van der Waals surface area contributed by atoms with Crippen molar-refractivity contribution < 1.29 is 0 Å². The Hall–Kier alpha value is -1.65. The topological polar surface area (TPSA) is 67.4 Å². The van der Waals surface area contributed by atoms with Crippen LogP contribution in [-0.2, 0) is 0 Å². The van der Waals surface area contributed by atoms with Crippen molar-refractivity contribution >= 4 is 17.9 Å². The molecule has 0 aliphatic carbocycles. The predicted molar refractivity (Wildman–Crippen MR) is 54.3 cm³/mol. The van der Waals surface area contributed by atoms with Crippen molar-refractivity contribution in [2.75, 3.05) is 31.8 Å². The van der Waals surface area contributed by atoms with Gasteiger partial charge in [-0.25, -0.2) is 9.97 Å². The van der Waals surface area contributed by atoms with E-state index in [1.807, 2.05) is 19.0 Å². The van der Waals surface area contributed by atoms with Crippen LogP contribution in [0.1, 0.15) is 5.56 Å². The zero-order valence-electron chi connectivity index (χ0n) is 8.02. The summed E-state index contributed by atoms with van der Waals surface area (Å²) >= 11 is 0. The predicted octanol–water partition coefficient (Wildman–Crippen LogP) is 0.173. The van der Waals surface area contributed by atoms with Gasteiger partial charge in [-0.15, -0.1) is 0 Å². The van der Waals surface area contributed by atoms with Gasteiger partial charge in [-0.1, -0.05) is 0 Å². The molecular formula is C8H13N5. The summed E-state index contributed by atoms with van der Waals surface area (Å²) in [6.45, 7) is 0. The molecule has 0 fully saturated rings. The molecule has 5 nitrogen and oxygen atoms in total. The van der Waals surface area contributed by atoms with Gasteiger partial charge in [0.2, 0.25) is 0 Å². The lowest BCUT2D eigenvalue weighted by atomic mass is 10.3. The van der Waals surface area contributed by atoms with Crippen molar-refractivity contribution in [3.63, 3.8) is 0 Å². The van der Waals surface area contributed by atoms with Gasteiger partial charge in [0.1, 0.15) is 18.0 Å². The first-order valence-corrected chi connectivity index (χ1v) is 3.86. The molecule has 13 heavy (non-hydrogen) atoms. The average molecular weight is 179 g/mol. The minimum absolute atomic E-state index is 0.448. The number of nitrogen functional groups attached to an aromatic ring is 1. The minimum Gasteiger partial charge on any atom is -0.383 e. The number of nitrogens with zero attached hydrogens (tertiary/aromatic N) is 4. The molecule has 0 unspecified atom stereocenters. The van der Waals surface area contributed by atoms with Crippen LogP contribution in [0.2, 0.25) is 0 Å². The first-order chi connectivity index (χ1) is 6.16. The van der Waals surface area contributed by atoms with Gasteiger partial charge < -0.3 is 10.6 Å². The number of hydrogen-bond donors (Lipinski definition) is 1. The summed E-state index contributed by atoms with van der Waals surface area (Å²) < 4.78 is 0. The van der Waals surface area contributed by atoms with Gasteiger partial charge in [0.05, 0.1) is 5.56 Å². The van der Waals surface area contributed by atoms with Crippen molar-refractivity contribution in [3.8, 4) is 0 Å². The Labute approximate surface area is 77.3 Å². The third-order valence-corrected chi connectivity index (χ3v) is 1.58. The van der Waals surface area contributed by atoms with Crippen molar-refractivity contribution in [2.45, 2.75) is 0 Å². The van der Waals surface area contributed by atoms with Crippen LogP contribution < -0.4 is 10.6 Å². The third kappa shape index (κ3) is 1.93. The maximum Gasteiger partial charge on any atom is 0.142 e. The van der Waals surface area contributed by atoms with E-state index in [4.69, 9.17) is 5.73 Å². The van der Waals surface area contributed by atoms with Gasteiger partial charge in [0, 0.05) is 27.4 Å². The molecule has 0 spiro atoms. The second kappa shape index (κ2) is 3.84. The van der Waals surface area contributed by atoms with Crippen molar-refractivity contribution in [1.82, 2.24) is 9.97 Å². The molecule has 1 aromatic heterocycles. The Balaban J connectivity index is 3.25. The van der Waals surface area contributed by atoms with Crippen LogP contribution in [0.5, 0.6) is 0 Å². The van der Waals surface area contributed by atoms with E-state index in [-0.39, 0.29) is 0 Å². The Bertz CT molecular complexity index is 318. The number of aliphatic imine (C=N–C) groups is 1. The molecule has 2 N–H and O–H groups in total. The number of nitrogens with two attached hydrogens (primary N) is 1. The van der Waals surface area contributed by atoms with E-state index in [1.165, 1.54) is 6.33 Å². The van der Waals surface area contributed by atoms with E-state index in [1.54, 1.807) is 13.3 Å². The minimum atomic E-state index is 0.448. The molecule has 0 aliphatic heterocycles. The number of rotatable bonds is 2. The van der Waals surface area contributed by atoms with E-state index >= 15 is 0 Å². The first kappa shape index (κ1) is 9.44. The fourth-order valence-corrected chi connectivity index (χ4v) is 1.01. The lowest BCUT2D eigenvalue weighted by molar-refractivity contribution is 1.04. The summed E-state index contributed by atoms with van der Waals surface area (Å²) in [5, 5.41) is 0. The monoisotopic (exact) mass is 179 g/mol. The van der Waals surface area contributed by atoms with Crippen LogP contribution >= 0.6 is 0 Å². The van der Waals surface area contributed by atoms with Crippen LogP contribution in [-0.4, -0.2) is 37.3 Å². The van der Waals surface area contributed by atoms with E-state index < -0.39 is 0 Å². The first-order valence-electron chi connectivity index (χ1n) is 3.86. The number of aromatic nitrogens is 2. The Morgan fingerprint density at radius 1 is 1.46 bits per heavy atom. The van der Waals surface area contributed by atoms with Crippen LogP contribution in [0.4, 0.5) is 11.6 Å². The molecule has 1 aromatic rings. The standard InChI is InChI=1S/C8H13N5/c1-10-4-6-7(9)11-5-12-8(6)13(2)3/h4-5H,1-3H3,(H2,9,11,12)/b10-4-. The lowest BCUT2D eigenvalue weighted by Gasteiger charge is -2.13. The molecule has 0 saturated heterocycles. The summed E-state index contributed by atoms with van der Waals surface area (Å²) in [6.07, 6.45) is 3.10. The molecule has 1 heterocycles. The van der Waals surface area contributed by atoms with Gasteiger partial charge >= 0.3 is 0 Å². The highest BCUT2D eigenvalue weighted by molar-refractivity contribution is 5.91. The molecule has 0 atom stereocenters. The van der Waals surface area contributed by atoms with Gasteiger partial charge in [-0.3, -0.25) is 4.99 Å². The van der Waals surface area contributed by atoms with Crippen molar-refractivity contribution in [1.29, 1.82) is 0 Å². The molecule has 0 aliphatic rings. The second-order valence-corrected chi connectivity index (χ2v) is 2.78. The van der Waals surface area contributed by atoms with E-state index in [9.17, 15) is 0 Å². The van der Waals surface area contributed by atoms with Crippen molar-refractivity contribution in [3.05, 3.63) is 11.9 Å². The molecule has 0 amide bonds. The molecule has 0 bridgehead atoms. The Kier molecular flexibility index (Phi) is 2.79. The maximum atomic E-state index is 5.68. The quantitative estimate of drug-likeness (QED) is 0.657. The van der Waals surface area contributed by atoms with Gasteiger partial charge in [0.25, 0.3) is 0 Å². The summed E-state index contributed by atoms with van der Waals surface area (Å²) in [4.78, 5) is 13.8. The molecule has 70 valence electrons. The molecule has 1 rings (SSSR count). The smallest absolute Gasteiger partial charge is 0.142 e. The highest BCUT2D eigenvalue weighted by atomic mass is 15.2. The zero-order chi connectivity index (χ0) is 9.84. The Morgan fingerprint density at radius 3 is 2.69 bits per heavy atom. The molecular weight excluding hydrogens is 166 g/mol. The summed E-state index contributed by atoms with van der Waals surface area (Å²) in [7, 11) is 5.48. The van der Waals surface area contributed by atoms with Crippen LogP contribution in [0.3, 0.4) is 0 Å². The van der Waals surface area contributed by atoms with E-state index in [2.05, 4.69) is 15.0 Å². The normalized spacial score (nSPS) is 10.7. The van der Waals surface area contributed by atoms with Crippen LogP contribution in [0.15, 0.2) is 11.3 Å².